The van der Waals surface area contributed by atoms with Crippen LogP contribution in [0.1, 0.15) is 120 Å². The smallest absolute Gasteiger partial charge is 0.0386 e. The Labute approximate surface area is 132 Å². The molecular weight excluding hydrogens is 240 g/mol. The van der Waals surface area contributed by atoms with Crippen LogP contribution in [0.5, 0.6) is 0 Å². The second-order valence-electron chi connectivity index (χ2n) is 5.50. The van der Waals surface area contributed by atoms with Crippen molar-refractivity contribution in [3.8, 4) is 0 Å². The summed E-state index contributed by atoms with van der Waals surface area (Å²) in [7, 11) is 0. The molecule has 2 rings (SSSR count). The van der Waals surface area contributed by atoms with Crippen molar-refractivity contribution in [3.05, 3.63) is 0 Å². The van der Waals surface area contributed by atoms with Crippen molar-refractivity contribution >= 4 is 0 Å². The first kappa shape index (κ1) is 25.0. The van der Waals surface area contributed by atoms with E-state index < -0.39 is 0 Å². The number of hydrogen-bond acceptors (Lipinski definition) is 0. The summed E-state index contributed by atoms with van der Waals surface area (Å²) in [6, 6.07) is 0. The molecule has 0 spiro atoms. The van der Waals surface area contributed by atoms with Crippen LogP contribution in [0.3, 0.4) is 0 Å². The second-order valence-corrected chi connectivity index (χ2v) is 5.50. The molecule has 0 atom stereocenters. The van der Waals surface area contributed by atoms with E-state index in [4.69, 9.17) is 0 Å². The maximum atomic E-state index is 2.12. The predicted molar refractivity (Wildman–Crippen MR) is 98.5 cm³/mol. The highest BCUT2D eigenvalue weighted by atomic mass is 14.3. The van der Waals surface area contributed by atoms with Crippen LogP contribution in [0.4, 0.5) is 0 Å². The first-order valence-electron chi connectivity index (χ1n) is 9.79. The molecule has 2 saturated carbocycles. The molecular formula is C20H46. The van der Waals surface area contributed by atoms with Gasteiger partial charge in [0.25, 0.3) is 0 Å². The molecule has 0 bridgehead atoms. The zero-order valence-electron chi connectivity index (χ0n) is 16.2. The van der Waals surface area contributed by atoms with E-state index in [2.05, 4.69) is 27.7 Å². The molecule has 0 heterocycles. The second kappa shape index (κ2) is 24.0. The lowest BCUT2D eigenvalue weighted by Crippen LogP contribution is -2.22. The minimum atomic E-state index is 1.16. The lowest BCUT2D eigenvalue weighted by Gasteiger charge is -2.35. The van der Waals surface area contributed by atoms with Crippen LogP contribution in [0.25, 0.3) is 0 Å². The van der Waals surface area contributed by atoms with Crippen LogP contribution in [0.15, 0.2) is 0 Å². The molecule has 2 fully saturated rings. The van der Waals surface area contributed by atoms with Gasteiger partial charge in [-0.3, -0.25) is 0 Å². The Morgan fingerprint density at radius 3 is 0.800 bits per heavy atom. The van der Waals surface area contributed by atoms with Gasteiger partial charge in [-0.15, -0.1) is 0 Å². The van der Waals surface area contributed by atoms with Gasteiger partial charge < -0.3 is 0 Å². The molecule has 0 unspecified atom stereocenters. The van der Waals surface area contributed by atoms with Gasteiger partial charge in [0.15, 0.2) is 0 Å². The molecule has 0 heteroatoms. The number of hydrogen-bond donors (Lipinski definition) is 0. The van der Waals surface area contributed by atoms with Crippen molar-refractivity contribution in [3.63, 3.8) is 0 Å². The summed E-state index contributed by atoms with van der Waals surface area (Å²) >= 11 is 0. The average Bonchev–Trinajstić information content (AvgIpc) is 2.53. The largest absolute Gasteiger partial charge is 0.0683 e. The Morgan fingerprint density at radius 2 is 0.650 bits per heavy atom. The van der Waals surface area contributed by atoms with E-state index >= 15 is 0 Å². The molecule has 2 aliphatic rings. The first-order chi connectivity index (χ1) is 9.79. The Kier molecular flexibility index (Phi) is 30.0. The standard InChI is InChI=1S/C10H18.2C3H8.2C2H6/c1-2-6-10-8-4-3-7-9(10)5-1;2*1-3-2;2*1-2/h9-10H,1-8H2;2*3H2,1-2H3;2*1-2H3. The lowest BCUT2D eigenvalue weighted by molar-refractivity contribution is 0.171. The molecule has 0 aliphatic heterocycles. The monoisotopic (exact) mass is 286 g/mol. The Balaban J connectivity index is -0.000000246. The Bertz CT molecular complexity index is 100. The fourth-order valence-electron chi connectivity index (χ4n) is 2.86. The predicted octanol–water partition coefficient (Wildman–Crippen LogP) is 8.25. The minimum absolute atomic E-state index is 1.16. The summed E-state index contributed by atoms with van der Waals surface area (Å²) in [5, 5.41) is 0. The van der Waals surface area contributed by atoms with E-state index in [0.29, 0.717) is 0 Å². The van der Waals surface area contributed by atoms with Gasteiger partial charge in [-0.2, -0.15) is 0 Å². The highest BCUT2D eigenvalue weighted by Crippen LogP contribution is 2.39. The maximum Gasteiger partial charge on any atom is -0.0386 e. The average molecular weight is 287 g/mol. The van der Waals surface area contributed by atoms with Gasteiger partial charge in [0.05, 0.1) is 0 Å². The fourth-order valence-corrected chi connectivity index (χ4v) is 2.86. The van der Waals surface area contributed by atoms with Crippen LogP contribution >= 0.6 is 0 Å². The van der Waals surface area contributed by atoms with Crippen LogP contribution in [0, 0.1) is 11.8 Å². The molecule has 0 aromatic carbocycles. The molecule has 0 aromatic rings. The van der Waals surface area contributed by atoms with Gasteiger partial charge in [-0.25, -0.2) is 0 Å². The minimum Gasteiger partial charge on any atom is -0.0683 e. The van der Waals surface area contributed by atoms with E-state index in [-0.39, 0.29) is 0 Å². The number of fused-ring (bicyclic) bond motifs is 1. The third-order valence-corrected chi connectivity index (χ3v) is 3.47. The molecule has 0 radical (unpaired) electrons. The number of rotatable bonds is 0. The van der Waals surface area contributed by atoms with E-state index in [1.54, 1.807) is 25.7 Å². The van der Waals surface area contributed by atoms with Crippen molar-refractivity contribution in [1.82, 2.24) is 0 Å². The Hall–Kier alpha value is 0. The van der Waals surface area contributed by atoms with Gasteiger partial charge in [-0.1, -0.05) is 120 Å². The highest BCUT2D eigenvalue weighted by molar-refractivity contribution is 4.78. The van der Waals surface area contributed by atoms with E-state index in [9.17, 15) is 0 Å². The molecule has 2 aliphatic carbocycles. The fraction of sp³-hybridized carbons (Fsp3) is 1.00. The topological polar surface area (TPSA) is 0 Å². The molecule has 20 heavy (non-hydrogen) atoms. The summed E-state index contributed by atoms with van der Waals surface area (Å²) in [5.41, 5.74) is 0. The zero-order valence-corrected chi connectivity index (χ0v) is 16.2. The van der Waals surface area contributed by atoms with Crippen molar-refractivity contribution in [1.29, 1.82) is 0 Å². The van der Waals surface area contributed by atoms with E-state index in [1.807, 2.05) is 27.7 Å². The van der Waals surface area contributed by atoms with Crippen LogP contribution in [-0.2, 0) is 0 Å². The summed E-state index contributed by atoms with van der Waals surface area (Å²) in [5.74, 6) is 2.31. The third-order valence-electron chi connectivity index (χ3n) is 3.47. The molecule has 0 nitrogen and oxygen atoms in total. The quantitative estimate of drug-likeness (QED) is 0.420. The lowest BCUT2D eigenvalue weighted by atomic mass is 9.71. The molecule has 0 saturated heterocycles. The maximum absolute atomic E-state index is 2.12. The van der Waals surface area contributed by atoms with Gasteiger partial charge in [0.1, 0.15) is 0 Å². The Morgan fingerprint density at radius 1 is 0.500 bits per heavy atom. The molecule has 0 amide bonds. The SMILES string of the molecule is C1CCC2CCCCC2C1.CC.CC.CCC.CCC. The molecule has 126 valence electrons. The molecule has 0 N–H and O–H groups in total. The molecule has 0 aromatic heterocycles. The summed E-state index contributed by atoms with van der Waals surface area (Å²) in [6.45, 7) is 16.5. The highest BCUT2D eigenvalue weighted by Gasteiger charge is 2.26. The van der Waals surface area contributed by atoms with Crippen LogP contribution in [0.2, 0.25) is 0 Å². The van der Waals surface area contributed by atoms with Gasteiger partial charge >= 0.3 is 0 Å². The van der Waals surface area contributed by atoms with Gasteiger partial charge in [0, 0.05) is 0 Å². The van der Waals surface area contributed by atoms with Crippen molar-refractivity contribution < 1.29 is 0 Å². The summed E-state index contributed by atoms with van der Waals surface area (Å²) < 4.78 is 0. The van der Waals surface area contributed by atoms with Gasteiger partial charge in [0.2, 0.25) is 0 Å². The van der Waals surface area contributed by atoms with Crippen molar-refractivity contribution in [2.75, 3.05) is 0 Å². The summed E-state index contributed by atoms with van der Waals surface area (Å²) in [4.78, 5) is 0. The van der Waals surface area contributed by atoms with Crippen LogP contribution in [-0.4, -0.2) is 0 Å². The van der Waals surface area contributed by atoms with Crippen molar-refractivity contribution in [2.24, 2.45) is 11.8 Å². The van der Waals surface area contributed by atoms with E-state index in [1.165, 1.54) is 38.5 Å². The normalized spacial score (nSPS) is 22.8. The summed E-state index contributed by atoms with van der Waals surface area (Å²) in [6.07, 6.45) is 14.9. The van der Waals surface area contributed by atoms with Crippen LogP contribution < -0.4 is 0 Å². The third kappa shape index (κ3) is 16.1. The van der Waals surface area contributed by atoms with Gasteiger partial charge in [-0.05, 0) is 11.8 Å². The van der Waals surface area contributed by atoms with E-state index in [0.717, 1.165) is 11.8 Å². The first-order valence-corrected chi connectivity index (χ1v) is 9.79. The van der Waals surface area contributed by atoms with Crippen molar-refractivity contribution in [2.45, 2.75) is 120 Å². The zero-order chi connectivity index (χ0) is 16.2.